The van der Waals surface area contributed by atoms with Crippen LogP contribution in [0.4, 0.5) is 0 Å². The van der Waals surface area contributed by atoms with Crippen LogP contribution in [0.15, 0.2) is 36.0 Å². The fourth-order valence-corrected chi connectivity index (χ4v) is 0.578. The molecule has 0 heterocycles. The molecule has 0 saturated heterocycles. The molecule has 0 aromatic carbocycles. The van der Waals surface area contributed by atoms with Gasteiger partial charge in [0.15, 0.2) is 0 Å². The maximum Gasteiger partial charge on any atom is 0.335 e. The van der Waals surface area contributed by atoms with E-state index in [1.54, 1.807) is 37.3 Å². The lowest BCUT2D eigenvalue weighted by atomic mass is 10.2. The summed E-state index contributed by atoms with van der Waals surface area (Å²) >= 11 is 0. The van der Waals surface area contributed by atoms with Crippen molar-refractivity contribution < 1.29 is 9.90 Å². The van der Waals surface area contributed by atoms with Crippen LogP contribution in [0.3, 0.4) is 0 Å². The Balaban J connectivity index is 4.45. The summed E-state index contributed by atoms with van der Waals surface area (Å²) in [5, 5.41) is 8.58. The van der Waals surface area contributed by atoms with Gasteiger partial charge in [-0.25, -0.2) is 4.79 Å². The number of rotatable bonds is 3. The van der Waals surface area contributed by atoms with E-state index < -0.39 is 5.97 Å². The monoisotopic (exact) mass is 152 g/mol. The highest BCUT2D eigenvalue weighted by atomic mass is 16.4. The van der Waals surface area contributed by atoms with Gasteiger partial charge in [-0.3, -0.25) is 0 Å². The minimum atomic E-state index is -0.902. The van der Waals surface area contributed by atoms with E-state index in [1.807, 2.05) is 6.92 Å². The number of hydrogen-bond donors (Lipinski definition) is 1. The third-order valence-electron chi connectivity index (χ3n) is 1.06. The Morgan fingerprint density at radius 1 is 1.27 bits per heavy atom. The first kappa shape index (κ1) is 9.69. The molecule has 0 amide bonds. The van der Waals surface area contributed by atoms with Crippen LogP contribution in [-0.4, -0.2) is 11.1 Å². The summed E-state index contributed by atoms with van der Waals surface area (Å²) < 4.78 is 0. The van der Waals surface area contributed by atoms with Crippen molar-refractivity contribution in [1.82, 2.24) is 0 Å². The van der Waals surface area contributed by atoms with Crippen LogP contribution in [0.1, 0.15) is 13.8 Å². The molecule has 1 N–H and O–H groups in total. The fourth-order valence-electron chi connectivity index (χ4n) is 0.578. The molecule has 0 rings (SSSR count). The van der Waals surface area contributed by atoms with E-state index in [9.17, 15) is 4.79 Å². The van der Waals surface area contributed by atoms with Gasteiger partial charge in [0.05, 0.1) is 5.57 Å². The molecule has 0 aliphatic rings. The summed E-state index contributed by atoms with van der Waals surface area (Å²) in [5.74, 6) is -0.902. The maximum atomic E-state index is 10.4. The van der Waals surface area contributed by atoms with Gasteiger partial charge in [0.1, 0.15) is 0 Å². The maximum absolute atomic E-state index is 10.4. The summed E-state index contributed by atoms with van der Waals surface area (Å²) in [6.07, 6.45) is 8.30. The van der Waals surface area contributed by atoms with Gasteiger partial charge < -0.3 is 5.11 Å². The normalized spacial score (nSPS) is 13.1. The number of carboxylic acid groups (broad SMARTS) is 1. The van der Waals surface area contributed by atoms with E-state index in [-0.39, 0.29) is 0 Å². The number of carbonyl (C=O) groups is 1. The standard InChI is InChI=1S/C9H12O2/c1-3-5-7-8(6-4-2)9(10)11/h3-7H,1-2H3,(H,10,11)/b5-3-,6-4-,8-7+. The molecule has 0 aromatic heterocycles. The van der Waals surface area contributed by atoms with Gasteiger partial charge in [-0.05, 0) is 19.9 Å². The van der Waals surface area contributed by atoms with Crippen molar-refractivity contribution >= 4 is 5.97 Å². The van der Waals surface area contributed by atoms with Crippen molar-refractivity contribution in [3.8, 4) is 0 Å². The third kappa shape index (κ3) is 4.14. The lowest BCUT2D eigenvalue weighted by Gasteiger charge is -1.89. The van der Waals surface area contributed by atoms with Crippen molar-refractivity contribution in [1.29, 1.82) is 0 Å². The first-order valence-corrected chi connectivity index (χ1v) is 3.41. The second kappa shape index (κ2) is 5.47. The SMILES string of the molecule is C\C=C/C=C(\C=C/C)C(=O)O. The van der Waals surface area contributed by atoms with Crippen LogP contribution in [0.5, 0.6) is 0 Å². The third-order valence-corrected chi connectivity index (χ3v) is 1.06. The summed E-state index contributed by atoms with van der Waals surface area (Å²) in [6, 6.07) is 0. The van der Waals surface area contributed by atoms with E-state index in [4.69, 9.17) is 5.11 Å². The summed E-state index contributed by atoms with van der Waals surface area (Å²) in [7, 11) is 0. The second-order valence-electron chi connectivity index (χ2n) is 1.95. The quantitative estimate of drug-likeness (QED) is 0.497. The predicted octanol–water partition coefficient (Wildman–Crippen LogP) is 2.15. The minimum Gasteiger partial charge on any atom is -0.478 e. The van der Waals surface area contributed by atoms with Crippen LogP contribution in [0.25, 0.3) is 0 Å². The molecule has 11 heavy (non-hydrogen) atoms. The minimum absolute atomic E-state index is 0.297. The van der Waals surface area contributed by atoms with Crippen LogP contribution in [-0.2, 0) is 4.79 Å². The Kier molecular flexibility index (Phi) is 4.82. The van der Waals surface area contributed by atoms with Crippen molar-refractivity contribution in [3.05, 3.63) is 36.0 Å². The zero-order chi connectivity index (χ0) is 8.69. The zero-order valence-corrected chi connectivity index (χ0v) is 6.74. The smallest absolute Gasteiger partial charge is 0.335 e. The Morgan fingerprint density at radius 2 is 1.91 bits per heavy atom. The van der Waals surface area contributed by atoms with Gasteiger partial charge in [-0.15, -0.1) is 0 Å². The summed E-state index contributed by atoms with van der Waals surface area (Å²) in [5.41, 5.74) is 0.297. The zero-order valence-electron chi connectivity index (χ0n) is 6.74. The van der Waals surface area contributed by atoms with E-state index in [0.717, 1.165) is 0 Å². The van der Waals surface area contributed by atoms with Crippen molar-refractivity contribution in [2.45, 2.75) is 13.8 Å². The highest BCUT2D eigenvalue weighted by molar-refractivity contribution is 5.90. The van der Waals surface area contributed by atoms with Gasteiger partial charge in [-0.1, -0.05) is 24.3 Å². The summed E-state index contributed by atoms with van der Waals surface area (Å²) in [4.78, 5) is 10.4. The number of carboxylic acids is 1. The molecular weight excluding hydrogens is 140 g/mol. The van der Waals surface area contributed by atoms with Gasteiger partial charge in [0.2, 0.25) is 0 Å². The molecule has 0 fully saturated rings. The summed E-state index contributed by atoms with van der Waals surface area (Å²) in [6.45, 7) is 3.62. The largest absolute Gasteiger partial charge is 0.478 e. The van der Waals surface area contributed by atoms with Gasteiger partial charge in [0.25, 0.3) is 0 Å². The average Bonchev–Trinajstić information content (AvgIpc) is 1.97. The van der Waals surface area contributed by atoms with Crippen molar-refractivity contribution in [3.63, 3.8) is 0 Å². The topological polar surface area (TPSA) is 37.3 Å². The molecule has 0 spiro atoms. The molecule has 0 aliphatic heterocycles. The lowest BCUT2D eigenvalue weighted by molar-refractivity contribution is -0.132. The Morgan fingerprint density at radius 3 is 2.27 bits per heavy atom. The van der Waals surface area contributed by atoms with E-state index >= 15 is 0 Å². The molecule has 0 unspecified atom stereocenters. The molecule has 2 nitrogen and oxygen atoms in total. The molecule has 0 bridgehead atoms. The van der Waals surface area contributed by atoms with E-state index in [1.165, 1.54) is 0 Å². The predicted molar refractivity (Wildman–Crippen MR) is 45.3 cm³/mol. The van der Waals surface area contributed by atoms with Gasteiger partial charge >= 0.3 is 5.97 Å². The molecule has 0 aromatic rings. The van der Waals surface area contributed by atoms with Crippen LogP contribution >= 0.6 is 0 Å². The molecule has 0 radical (unpaired) electrons. The van der Waals surface area contributed by atoms with Gasteiger partial charge in [-0.2, -0.15) is 0 Å². The Bertz CT molecular complexity index is 210. The molecule has 60 valence electrons. The highest BCUT2D eigenvalue weighted by Gasteiger charge is 1.98. The Labute approximate surface area is 66.5 Å². The Hall–Kier alpha value is -1.31. The van der Waals surface area contributed by atoms with Crippen molar-refractivity contribution in [2.24, 2.45) is 0 Å². The van der Waals surface area contributed by atoms with Crippen LogP contribution < -0.4 is 0 Å². The van der Waals surface area contributed by atoms with Crippen molar-refractivity contribution in [2.75, 3.05) is 0 Å². The first-order valence-electron chi connectivity index (χ1n) is 3.41. The fraction of sp³-hybridized carbons (Fsp3) is 0.222. The van der Waals surface area contributed by atoms with Crippen LogP contribution in [0.2, 0.25) is 0 Å². The molecule has 0 atom stereocenters. The number of hydrogen-bond acceptors (Lipinski definition) is 1. The lowest BCUT2D eigenvalue weighted by Crippen LogP contribution is -1.96. The van der Waals surface area contributed by atoms with E-state index in [2.05, 4.69) is 0 Å². The first-order chi connectivity index (χ1) is 5.22. The molecule has 0 saturated carbocycles. The van der Waals surface area contributed by atoms with Crippen LogP contribution in [0, 0.1) is 0 Å². The number of aliphatic carboxylic acids is 1. The van der Waals surface area contributed by atoms with E-state index in [0.29, 0.717) is 5.57 Å². The second-order valence-corrected chi connectivity index (χ2v) is 1.95. The molecule has 0 aliphatic carbocycles. The highest BCUT2D eigenvalue weighted by Crippen LogP contribution is 1.97. The molecule has 2 heteroatoms. The van der Waals surface area contributed by atoms with Gasteiger partial charge in [0, 0.05) is 0 Å². The average molecular weight is 152 g/mol. The molecular formula is C9H12O2. The number of allylic oxidation sites excluding steroid dienone is 4.